The zero-order valence-corrected chi connectivity index (χ0v) is 6.51. The van der Waals surface area contributed by atoms with Gasteiger partial charge in [0.25, 0.3) is 0 Å². The van der Waals surface area contributed by atoms with Crippen molar-refractivity contribution in [3.8, 4) is 0 Å². The van der Waals surface area contributed by atoms with Gasteiger partial charge in [-0.05, 0) is 20.8 Å². The number of aryl methyl sites for hydroxylation is 1. The van der Waals surface area contributed by atoms with Crippen molar-refractivity contribution in [2.75, 3.05) is 0 Å². The quantitative estimate of drug-likeness (QED) is 0.639. The minimum Gasteiger partial charge on any atom is -0.361 e. The van der Waals surface area contributed by atoms with Gasteiger partial charge in [-0.15, -0.1) is 0 Å². The molecule has 0 radical (unpaired) electrons. The summed E-state index contributed by atoms with van der Waals surface area (Å²) in [5.41, 5.74) is 7.53. The van der Waals surface area contributed by atoms with Crippen molar-refractivity contribution in [1.82, 2.24) is 5.16 Å². The maximum absolute atomic E-state index is 5.61. The van der Waals surface area contributed by atoms with Crippen LogP contribution in [0.5, 0.6) is 0 Å². The smallest absolute Gasteiger partial charge is 0.136 e. The molecule has 0 aliphatic carbocycles. The van der Waals surface area contributed by atoms with E-state index >= 15 is 0 Å². The van der Waals surface area contributed by atoms with E-state index < -0.39 is 0 Å². The highest BCUT2D eigenvalue weighted by Crippen LogP contribution is 2.16. The second-order valence-corrected chi connectivity index (χ2v) is 2.54. The zero-order chi connectivity index (χ0) is 7.72. The second-order valence-electron chi connectivity index (χ2n) is 2.54. The topological polar surface area (TPSA) is 52.0 Å². The Labute approximate surface area is 60.2 Å². The van der Waals surface area contributed by atoms with Crippen LogP contribution in [0.25, 0.3) is 0 Å². The van der Waals surface area contributed by atoms with Gasteiger partial charge in [0.05, 0.1) is 0 Å². The monoisotopic (exact) mass is 140 g/mol. The molecule has 1 rings (SSSR count). The molecule has 1 aromatic rings. The first-order valence-electron chi connectivity index (χ1n) is 3.31. The average molecular weight is 140 g/mol. The molecule has 0 saturated heterocycles. The molecule has 3 nitrogen and oxygen atoms in total. The Morgan fingerprint density at radius 2 is 2.10 bits per heavy atom. The Morgan fingerprint density at radius 3 is 2.30 bits per heavy atom. The maximum Gasteiger partial charge on any atom is 0.136 e. The lowest BCUT2D eigenvalue weighted by atomic mass is 10.1. The lowest BCUT2D eigenvalue weighted by Gasteiger charge is -1.98. The van der Waals surface area contributed by atoms with Gasteiger partial charge in [0, 0.05) is 11.6 Å². The highest BCUT2D eigenvalue weighted by Gasteiger charge is 2.10. The summed E-state index contributed by atoms with van der Waals surface area (Å²) in [6.07, 6.45) is 0. The Balaban J connectivity index is 3.05. The van der Waals surface area contributed by atoms with Crippen LogP contribution in [0.1, 0.15) is 30.0 Å². The van der Waals surface area contributed by atoms with Gasteiger partial charge in [-0.25, -0.2) is 0 Å². The van der Waals surface area contributed by atoms with Crippen molar-refractivity contribution in [2.24, 2.45) is 5.73 Å². The third-order valence-electron chi connectivity index (χ3n) is 1.62. The van der Waals surface area contributed by atoms with E-state index in [2.05, 4.69) is 5.16 Å². The van der Waals surface area contributed by atoms with E-state index in [4.69, 9.17) is 10.3 Å². The average Bonchev–Trinajstić information content (AvgIpc) is 2.14. The number of hydrogen-bond donors (Lipinski definition) is 1. The van der Waals surface area contributed by atoms with Crippen LogP contribution in [-0.2, 0) is 0 Å². The predicted octanol–water partition coefficient (Wildman–Crippen LogP) is 1.31. The summed E-state index contributed by atoms with van der Waals surface area (Å²) in [5.74, 6) is 0.854. The Bertz CT molecular complexity index is 228. The number of aromatic nitrogens is 1. The molecule has 0 bridgehead atoms. The first-order chi connectivity index (χ1) is 4.63. The molecule has 56 valence electrons. The van der Waals surface area contributed by atoms with Gasteiger partial charge < -0.3 is 10.3 Å². The Hall–Kier alpha value is -0.830. The molecule has 0 amide bonds. The summed E-state index contributed by atoms with van der Waals surface area (Å²) in [6, 6.07) is -0.0301. The summed E-state index contributed by atoms with van der Waals surface area (Å²) < 4.78 is 4.93. The molecule has 1 heterocycles. The molecule has 0 fully saturated rings. The van der Waals surface area contributed by atoms with Crippen molar-refractivity contribution in [3.05, 3.63) is 17.0 Å². The maximum atomic E-state index is 5.61. The van der Waals surface area contributed by atoms with Gasteiger partial charge in [-0.1, -0.05) is 5.16 Å². The molecule has 1 unspecified atom stereocenters. The molecule has 0 aromatic carbocycles. The molecule has 2 N–H and O–H groups in total. The summed E-state index contributed by atoms with van der Waals surface area (Å²) in [6.45, 7) is 5.74. The van der Waals surface area contributed by atoms with E-state index in [1.807, 2.05) is 20.8 Å². The molecule has 0 saturated carbocycles. The number of rotatable bonds is 1. The normalized spacial score (nSPS) is 13.6. The van der Waals surface area contributed by atoms with Gasteiger partial charge >= 0.3 is 0 Å². The highest BCUT2D eigenvalue weighted by molar-refractivity contribution is 5.21. The van der Waals surface area contributed by atoms with Crippen LogP contribution in [0.15, 0.2) is 4.52 Å². The molecular formula is C7H12N2O. The van der Waals surface area contributed by atoms with Crippen LogP contribution in [0.3, 0.4) is 0 Å². The first kappa shape index (κ1) is 7.28. The summed E-state index contributed by atoms with van der Waals surface area (Å²) in [7, 11) is 0. The fourth-order valence-corrected chi connectivity index (χ4v) is 0.860. The van der Waals surface area contributed by atoms with Crippen LogP contribution in [0.4, 0.5) is 0 Å². The van der Waals surface area contributed by atoms with Gasteiger partial charge in [0.1, 0.15) is 11.5 Å². The molecule has 1 atom stereocenters. The van der Waals surface area contributed by atoms with Crippen molar-refractivity contribution < 1.29 is 4.52 Å². The van der Waals surface area contributed by atoms with Crippen molar-refractivity contribution in [3.63, 3.8) is 0 Å². The molecule has 3 heteroatoms. The van der Waals surface area contributed by atoms with E-state index in [9.17, 15) is 0 Å². The SMILES string of the molecule is Cc1onc(C(C)N)c1C. The van der Waals surface area contributed by atoms with E-state index in [0.717, 1.165) is 17.0 Å². The third-order valence-corrected chi connectivity index (χ3v) is 1.62. The number of nitrogens with two attached hydrogens (primary N) is 1. The minimum atomic E-state index is -0.0301. The van der Waals surface area contributed by atoms with Crippen LogP contribution in [-0.4, -0.2) is 5.16 Å². The standard InChI is InChI=1S/C7H12N2O/c1-4-6(3)10-9-7(4)5(2)8/h5H,8H2,1-3H3. The van der Waals surface area contributed by atoms with Gasteiger partial charge in [-0.3, -0.25) is 0 Å². The zero-order valence-electron chi connectivity index (χ0n) is 6.51. The lowest BCUT2D eigenvalue weighted by molar-refractivity contribution is 0.386. The Kier molecular flexibility index (Phi) is 1.76. The van der Waals surface area contributed by atoms with Crippen molar-refractivity contribution in [1.29, 1.82) is 0 Å². The van der Waals surface area contributed by atoms with E-state index in [1.165, 1.54) is 0 Å². The Morgan fingerprint density at radius 1 is 1.50 bits per heavy atom. The second kappa shape index (κ2) is 2.42. The predicted molar refractivity (Wildman–Crippen MR) is 38.6 cm³/mol. The summed E-state index contributed by atoms with van der Waals surface area (Å²) in [5, 5.41) is 3.81. The minimum absolute atomic E-state index is 0.0301. The first-order valence-corrected chi connectivity index (χ1v) is 3.31. The fourth-order valence-electron chi connectivity index (χ4n) is 0.860. The summed E-state index contributed by atoms with van der Waals surface area (Å²) in [4.78, 5) is 0. The molecule has 0 aliphatic heterocycles. The molecule has 0 spiro atoms. The van der Waals surface area contributed by atoms with Gasteiger partial charge in [0.2, 0.25) is 0 Å². The molecule has 10 heavy (non-hydrogen) atoms. The lowest BCUT2D eigenvalue weighted by Crippen LogP contribution is -2.06. The van der Waals surface area contributed by atoms with Crippen LogP contribution < -0.4 is 5.73 Å². The highest BCUT2D eigenvalue weighted by atomic mass is 16.5. The third kappa shape index (κ3) is 1.04. The van der Waals surface area contributed by atoms with E-state index in [0.29, 0.717) is 0 Å². The summed E-state index contributed by atoms with van der Waals surface area (Å²) >= 11 is 0. The van der Waals surface area contributed by atoms with Gasteiger partial charge in [-0.2, -0.15) is 0 Å². The van der Waals surface area contributed by atoms with Crippen molar-refractivity contribution >= 4 is 0 Å². The number of hydrogen-bond acceptors (Lipinski definition) is 3. The molecule has 1 aromatic heterocycles. The van der Waals surface area contributed by atoms with Crippen molar-refractivity contribution in [2.45, 2.75) is 26.8 Å². The van der Waals surface area contributed by atoms with Gasteiger partial charge in [0.15, 0.2) is 0 Å². The van der Waals surface area contributed by atoms with Crippen LogP contribution in [0, 0.1) is 13.8 Å². The molecule has 0 aliphatic rings. The largest absolute Gasteiger partial charge is 0.361 e. The van der Waals surface area contributed by atoms with E-state index in [-0.39, 0.29) is 6.04 Å². The van der Waals surface area contributed by atoms with E-state index in [1.54, 1.807) is 0 Å². The van der Waals surface area contributed by atoms with Crippen LogP contribution in [0.2, 0.25) is 0 Å². The fraction of sp³-hybridized carbons (Fsp3) is 0.571. The van der Waals surface area contributed by atoms with Crippen LogP contribution >= 0.6 is 0 Å². The molecular weight excluding hydrogens is 128 g/mol. The number of nitrogens with zero attached hydrogens (tertiary/aromatic N) is 1.